The van der Waals surface area contributed by atoms with Crippen LogP contribution in [0.15, 0.2) is 18.2 Å². The fraction of sp³-hybridized carbons (Fsp3) is 0.400. The molecule has 1 atom stereocenters. The molecule has 14 heavy (non-hydrogen) atoms. The number of hydrogen-bond acceptors (Lipinski definition) is 3. The van der Waals surface area contributed by atoms with Crippen LogP contribution in [0.3, 0.4) is 0 Å². The molecule has 1 saturated heterocycles. The lowest BCUT2D eigenvalue weighted by Gasteiger charge is -2.09. The summed E-state index contributed by atoms with van der Waals surface area (Å²) < 4.78 is 0. The van der Waals surface area contributed by atoms with Gasteiger partial charge in [0.15, 0.2) is 0 Å². The van der Waals surface area contributed by atoms with Crippen molar-refractivity contribution in [1.82, 2.24) is 20.7 Å². The molecule has 4 heteroatoms. The third-order valence-electron chi connectivity index (χ3n) is 2.80. The Labute approximate surface area is 81.7 Å². The molecule has 1 aromatic carbocycles. The van der Waals surface area contributed by atoms with Gasteiger partial charge in [-0.1, -0.05) is 6.07 Å². The maximum Gasteiger partial charge on any atom is 0.113 e. The monoisotopic (exact) mass is 188 g/mol. The van der Waals surface area contributed by atoms with E-state index in [1.54, 1.807) is 0 Å². The van der Waals surface area contributed by atoms with Crippen molar-refractivity contribution in [2.24, 2.45) is 0 Å². The molecule has 0 bridgehead atoms. The van der Waals surface area contributed by atoms with E-state index in [-0.39, 0.29) is 0 Å². The number of hydrogen-bond donors (Lipinski definition) is 2. The normalized spacial score (nSPS) is 21.9. The van der Waals surface area contributed by atoms with E-state index in [0.717, 1.165) is 17.6 Å². The largest absolute Gasteiger partial charge is 0.310 e. The first-order chi connectivity index (χ1) is 6.93. The van der Waals surface area contributed by atoms with E-state index in [4.69, 9.17) is 0 Å². The van der Waals surface area contributed by atoms with Gasteiger partial charge in [0.25, 0.3) is 0 Å². The molecule has 1 fully saturated rings. The zero-order valence-corrected chi connectivity index (χ0v) is 7.83. The van der Waals surface area contributed by atoms with Gasteiger partial charge in [-0.3, -0.25) is 0 Å². The van der Waals surface area contributed by atoms with Crippen LogP contribution in [0.2, 0.25) is 0 Å². The maximum atomic E-state index is 4.09. The topological polar surface area (TPSA) is 53.6 Å². The van der Waals surface area contributed by atoms with Crippen LogP contribution in [-0.2, 0) is 0 Å². The number of aromatic amines is 1. The molecule has 4 nitrogen and oxygen atoms in total. The predicted molar refractivity (Wildman–Crippen MR) is 53.9 cm³/mol. The van der Waals surface area contributed by atoms with Crippen molar-refractivity contribution in [1.29, 1.82) is 0 Å². The molecule has 2 aromatic rings. The summed E-state index contributed by atoms with van der Waals surface area (Å²) in [4.78, 5) is 0. The fourth-order valence-corrected chi connectivity index (χ4v) is 2.04. The molecule has 0 aliphatic carbocycles. The van der Waals surface area contributed by atoms with Crippen molar-refractivity contribution < 1.29 is 0 Å². The summed E-state index contributed by atoms with van der Waals surface area (Å²) in [6, 6.07) is 6.78. The van der Waals surface area contributed by atoms with E-state index < -0.39 is 0 Å². The fourth-order valence-electron chi connectivity index (χ4n) is 2.04. The number of H-pyrrole nitrogens is 1. The van der Waals surface area contributed by atoms with E-state index in [2.05, 4.69) is 32.9 Å². The molecule has 1 aliphatic heterocycles. The van der Waals surface area contributed by atoms with Gasteiger partial charge in [0.1, 0.15) is 11.0 Å². The average Bonchev–Trinajstić information content (AvgIpc) is 2.88. The van der Waals surface area contributed by atoms with Gasteiger partial charge in [-0.25, -0.2) is 0 Å². The Morgan fingerprint density at radius 3 is 3.00 bits per heavy atom. The first-order valence-electron chi connectivity index (χ1n) is 4.97. The highest BCUT2D eigenvalue weighted by atomic mass is 15.3. The zero-order valence-electron chi connectivity index (χ0n) is 7.83. The van der Waals surface area contributed by atoms with Gasteiger partial charge in [-0.2, -0.15) is 15.4 Å². The molecular weight excluding hydrogens is 176 g/mol. The van der Waals surface area contributed by atoms with Crippen molar-refractivity contribution in [3.63, 3.8) is 0 Å². The summed E-state index contributed by atoms with van der Waals surface area (Å²) in [5.41, 5.74) is 3.21. The molecule has 1 aliphatic rings. The average molecular weight is 188 g/mol. The smallest absolute Gasteiger partial charge is 0.113 e. The Bertz CT molecular complexity index is 442. The second-order valence-corrected chi connectivity index (χ2v) is 3.72. The molecule has 0 saturated carbocycles. The number of aromatic nitrogens is 3. The highest BCUT2D eigenvalue weighted by molar-refractivity contribution is 5.74. The zero-order chi connectivity index (χ0) is 9.38. The van der Waals surface area contributed by atoms with Gasteiger partial charge in [-0.05, 0) is 37.1 Å². The van der Waals surface area contributed by atoms with Gasteiger partial charge < -0.3 is 5.32 Å². The first kappa shape index (κ1) is 7.94. The Balaban J connectivity index is 2.04. The number of rotatable bonds is 1. The van der Waals surface area contributed by atoms with Crippen LogP contribution in [0.4, 0.5) is 0 Å². The molecule has 1 unspecified atom stereocenters. The van der Waals surface area contributed by atoms with Gasteiger partial charge >= 0.3 is 0 Å². The number of nitrogens with zero attached hydrogens (tertiary/aromatic N) is 2. The van der Waals surface area contributed by atoms with E-state index in [0.29, 0.717) is 6.04 Å². The van der Waals surface area contributed by atoms with Gasteiger partial charge in [0, 0.05) is 6.04 Å². The number of benzene rings is 1. The van der Waals surface area contributed by atoms with Crippen LogP contribution >= 0.6 is 0 Å². The number of nitrogens with one attached hydrogen (secondary N) is 2. The van der Waals surface area contributed by atoms with Crippen molar-refractivity contribution in [2.75, 3.05) is 6.54 Å². The number of fused-ring (bicyclic) bond motifs is 1. The van der Waals surface area contributed by atoms with Crippen LogP contribution in [0.25, 0.3) is 11.0 Å². The van der Waals surface area contributed by atoms with Gasteiger partial charge in [-0.15, -0.1) is 0 Å². The molecular formula is C10H12N4. The van der Waals surface area contributed by atoms with Crippen LogP contribution in [-0.4, -0.2) is 22.0 Å². The first-order valence-corrected chi connectivity index (χ1v) is 4.97. The molecule has 2 N–H and O–H groups in total. The van der Waals surface area contributed by atoms with Crippen LogP contribution in [0.5, 0.6) is 0 Å². The van der Waals surface area contributed by atoms with Crippen molar-refractivity contribution in [3.8, 4) is 0 Å². The molecule has 1 aromatic heterocycles. The van der Waals surface area contributed by atoms with E-state index in [1.807, 2.05) is 6.07 Å². The molecule has 2 heterocycles. The van der Waals surface area contributed by atoms with Crippen LogP contribution < -0.4 is 5.32 Å². The quantitative estimate of drug-likeness (QED) is 0.711. The Kier molecular flexibility index (Phi) is 1.73. The second kappa shape index (κ2) is 3.06. The van der Waals surface area contributed by atoms with E-state index >= 15 is 0 Å². The second-order valence-electron chi connectivity index (χ2n) is 3.72. The predicted octanol–water partition coefficient (Wildman–Crippen LogP) is 1.38. The Morgan fingerprint density at radius 2 is 2.14 bits per heavy atom. The van der Waals surface area contributed by atoms with Gasteiger partial charge in [0.05, 0.1) is 0 Å². The minimum absolute atomic E-state index is 0.510. The summed E-state index contributed by atoms with van der Waals surface area (Å²) in [6.45, 7) is 1.13. The lowest BCUT2D eigenvalue weighted by Crippen LogP contribution is -2.12. The highest BCUT2D eigenvalue weighted by Gasteiger charge is 2.16. The van der Waals surface area contributed by atoms with E-state index in [1.165, 1.54) is 18.4 Å². The lowest BCUT2D eigenvalue weighted by molar-refractivity contribution is 0.648. The van der Waals surface area contributed by atoms with Crippen LogP contribution in [0, 0.1) is 0 Å². The minimum Gasteiger partial charge on any atom is -0.310 e. The third-order valence-corrected chi connectivity index (χ3v) is 2.80. The van der Waals surface area contributed by atoms with Crippen molar-refractivity contribution in [3.05, 3.63) is 23.8 Å². The lowest BCUT2D eigenvalue weighted by atomic mass is 10.1. The molecule has 72 valence electrons. The summed E-state index contributed by atoms with van der Waals surface area (Å²) in [5.74, 6) is 0. The third kappa shape index (κ3) is 1.19. The SMILES string of the molecule is c1cc2n[nH]nc2cc1C1CCCN1. The molecule has 3 rings (SSSR count). The Morgan fingerprint density at radius 1 is 1.21 bits per heavy atom. The molecule has 0 spiro atoms. The molecule has 0 amide bonds. The van der Waals surface area contributed by atoms with Crippen molar-refractivity contribution in [2.45, 2.75) is 18.9 Å². The van der Waals surface area contributed by atoms with Gasteiger partial charge in [0.2, 0.25) is 0 Å². The van der Waals surface area contributed by atoms with E-state index in [9.17, 15) is 0 Å². The molecule has 0 radical (unpaired) electrons. The maximum absolute atomic E-state index is 4.09. The summed E-state index contributed by atoms with van der Waals surface area (Å²) in [7, 11) is 0. The Hall–Kier alpha value is -1.42. The highest BCUT2D eigenvalue weighted by Crippen LogP contribution is 2.24. The summed E-state index contributed by atoms with van der Waals surface area (Å²) in [5, 5.41) is 14.2. The van der Waals surface area contributed by atoms with Crippen LogP contribution in [0.1, 0.15) is 24.4 Å². The minimum atomic E-state index is 0.510. The summed E-state index contributed by atoms with van der Waals surface area (Å²) >= 11 is 0. The van der Waals surface area contributed by atoms with Crippen molar-refractivity contribution >= 4 is 11.0 Å². The summed E-state index contributed by atoms with van der Waals surface area (Å²) in [6.07, 6.45) is 2.49. The standard InChI is InChI=1S/C10H12N4/c1-2-8(11-5-1)7-3-4-9-10(6-7)13-14-12-9/h3-4,6,8,11H,1-2,5H2,(H,12,13,14).